The lowest BCUT2D eigenvalue weighted by Gasteiger charge is -2.32. The molecular weight excluding hydrogens is 254 g/mol. The third kappa shape index (κ3) is 3.03. The second-order valence-corrected chi connectivity index (χ2v) is 5.82. The van der Waals surface area contributed by atoms with Gasteiger partial charge in [0.15, 0.2) is 0 Å². The summed E-state index contributed by atoms with van der Waals surface area (Å²) in [6.07, 6.45) is 3.76. The van der Waals surface area contributed by atoms with Crippen LogP contribution in [-0.2, 0) is 0 Å². The van der Waals surface area contributed by atoms with Crippen LogP contribution in [0.3, 0.4) is 0 Å². The molecule has 4 heteroatoms. The van der Waals surface area contributed by atoms with Crippen molar-refractivity contribution >= 4 is 11.3 Å². The minimum Gasteiger partial charge on any atom is -0.329 e. The minimum atomic E-state index is 0.200. The Labute approximate surface area is 119 Å². The molecule has 3 nitrogen and oxygen atoms in total. The number of thiophene rings is 1. The molecule has 2 unspecified atom stereocenters. The number of hydrogen-bond donors (Lipinski definition) is 1. The summed E-state index contributed by atoms with van der Waals surface area (Å²) in [6.45, 7) is 4.93. The third-order valence-corrected chi connectivity index (χ3v) is 4.76. The molecule has 0 aliphatic carbocycles. The molecule has 2 N–H and O–H groups in total. The average molecular weight is 275 g/mol. The predicted molar refractivity (Wildman–Crippen MR) is 81.3 cm³/mol. The Kier molecular flexibility index (Phi) is 4.69. The maximum Gasteiger partial charge on any atom is 0.0491 e. The van der Waals surface area contributed by atoms with Crippen molar-refractivity contribution in [3.05, 3.63) is 52.0 Å². The van der Waals surface area contributed by atoms with Crippen molar-refractivity contribution in [1.29, 1.82) is 0 Å². The first kappa shape index (κ1) is 14.2. The number of aromatic nitrogens is 1. The van der Waals surface area contributed by atoms with Crippen LogP contribution in [0.15, 0.2) is 36.0 Å². The van der Waals surface area contributed by atoms with Crippen molar-refractivity contribution in [1.82, 2.24) is 9.88 Å². The molecule has 0 saturated heterocycles. The van der Waals surface area contributed by atoms with E-state index in [1.165, 1.54) is 16.0 Å². The smallest absolute Gasteiger partial charge is 0.0491 e. The van der Waals surface area contributed by atoms with Gasteiger partial charge in [-0.1, -0.05) is 6.07 Å². The molecule has 0 amide bonds. The van der Waals surface area contributed by atoms with Gasteiger partial charge in [-0.2, -0.15) is 0 Å². The van der Waals surface area contributed by atoms with Crippen molar-refractivity contribution in [3.8, 4) is 0 Å². The van der Waals surface area contributed by atoms with E-state index < -0.39 is 0 Å². The molecule has 0 aliphatic rings. The summed E-state index contributed by atoms with van der Waals surface area (Å²) in [5, 5.41) is 2.12. The minimum absolute atomic E-state index is 0.200. The van der Waals surface area contributed by atoms with Crippen LogP contribution in [0.5, 0.6) is 0 Å². The van der Waals surface area contributed by atoms with Crippen LogP contribution >= 0.6 is 11.3 Å². The number of aryl methyl sites for hydroxylation is 1. The van der Waals surface area contributed by atoms with E-state index in [1.807, 2.05) is 18.5 Å². The zero-order chi connectivity index (χ0) is 13.8. The molecule has 2 aromatic rings. The molecular formula is C15H21N3S. The Morgan fingerprint density at radius 1 is 1.42 bits per heavy atom. The molecule has 2 rings (SSSR count). The fourth-order valence-corrected chi connectivity index (χ4v) is 3.17. The van der Waals surface area contributed by atoms with Gasteiger partial charge >= 0.3 is 0 Å². The van der Waals surface area contributed by atoms with Crippen LogP contribution in [0.25, 0.3) is 0 Å². The Morgan fingerprint density at radius 2 is 2.21 bits per heavy atom. The number of rotatable bonds is 5. The zero-order valence-electron chi connectivity index (χ0n) is 11.7. The maximum absolute atomic E-state index is 6.00. The van der Waals surface area contributed by atoms with Gasteiger partial charge in [0.05, 0.1) is 0 Å². The van der Waals surface area contributed by atoms with Crippen LogP contribution in [-0.4, -0.2) is 23.5 Å². The van der Waals surface area contributed by atoms with E-state index in [0.29, 0.717) is 12.6 Å². The van der Waals surface area contributed by atoms with E-state index >= 15 is 0 Å². The molecule has 2 atom stereocenters. The second kappa shape index (κ2) is 6.28. The largest absolute Gasteiger partial charge is 0.329 e. The Balaban J connectivity index is 2.25. The van der Waals surface area contributed by atoms with Crippen LogP contribution in [0.4, 0.5) is 0 Å². The van der Waals surface area contributed by atoms with Gasteiger partial charge in [0.1, 0.15) is 0 Å². The molecule has 19 heavy (non-hydrogen) atoms. The zero-order valence-corrected chi connectivity index (χ0v) is 12.5. The molecule has 2 heterocycles. The molecule has 0 aliphatic heterocycles. The molecule has 0 bridgehead atoms. The fourth-order valence-electron chi connectivity index (χ4n) is 2.34. The van der Waals surface area contributed by atoms with Crippen molar-refractivity contribution in [2.24, 2.45) is 5.73 Å². The Bertz CT molecular complexity index is 510. The van der Waals surface area contributed by atoms with Gasteiger partial charge in [0.2, 0.25) is 0 Å². The summed E-state index contributed by atoms with van der Waals surface area (Å²) in [6, 6.07) is 6.87. The molecule has 0 spiro atoms. The van der Waals surface area contributed by atoms with Crippen molar-refractivity contribution in [2.75, 3.05) is 13.6 Å². The molecule has 2 aromatic heterocycles. The van der Waals surface area contributed by atoms with Gasteiger partial charge < -0.3 is 5.73 Å². The van der Waals surface area contributed by atoms with Gasteiger partial charge in [-0.25, -0.2) is 0 Å². The summed E-state index contributed by atoms with van der Waals surface area (Å²) in [5.74, 6) is 0. The van der Waals surface area contributed by atoms with Crippen LogP contribution in [0.1, 0.15) is 35.0 Å². The highest BCUT2D eigenvalue weighted by molar-refractivity contribution is 7.10. The number of nitrogens with two attached hydrogens (primary N) is 1. The average Bonchev–Trinajstić information content (AvgIpc) is 2.94. The van der Waals surface area contributed by atoms with E-state index in [9.17, 15) is 0 Å². The van der Waals surface area contributed by atoms with Gasteiger partial charge in [0.25, 0.3) is 0 Å². The lowest BCUT2D eigenvalue weighted by atomic mass is 10.0. The molecule has 0 radical (unpaired) electrons. The number of pyridine rings is 1. The number of nitrogens with zero attached hydrogens (tertiary/aromatic N) is 2. The third-order valence-electron chi connectivity index (χ3n) is 3.72. The Morgan fingerprint density at radius 3 is 2.79 bits per heavy atom. The Hall–Kier alpha value is -1.23. The summed E-state index contributed by atoms with van der Waals surface area (Å²) < 4.78 is 0. The van der Waals surface area contributed by atoms with Crippen LogP contribution < -0.4 is 5.73 Å². The van der Waals surface area contributed by atoms with Gasteiger partial charge in [0, 0.05) is 35.9 Å². The predicted octanol–water partition coefficient (Wildman–Crippen LogP) is 3.14. The standard InChI is InChI=1S/C15H21N3S/c1-11-6-7-17-10-13(11)14(9-16)18(3)12(2)15-5-4-8-19-15/h4-8,10,12,14H,9,16H2,1-3H3. The van der Waals surface area contributed by atoms with Crippen molar-refractivity contribution < 1.29 is 0 Å². The van der Waals surface area contributed by atoms with E-state index in [0.717, 1.165) is 0 Å². The number of likely N-dealkylation sites (N-methyl/N-ethyl adjacent to an activating group) is 1. The monoisotopic (exact) mass is 275 g/mol. The van der Waals surface area contributed by atoms with Crippen LogP contribution in [0, 0.1) is 6.92 Å². The lowest BCUT2D eigenvalue weighted by Crippen LogP contribution is -2.33. The first-order valence-corrected chi connectivity index (χ1v) is 7.39. The molecule has 102 valence electrons. The summed E-state index contributed by atoms with van der Waals surface area (Å²) in [4.78, 5) is 7.93. The highest BCUT2D eigenvalue weighted by Gasteiger charge is 2.23. The van der Waals surface area contributed by atoms with Crippen LogP contribution in [0.2, 0.25) is 0 Å². The molecule has 0 fully saturated rings. The summed E-state index contributed by atoms with van der Waals surface area (Å²) >= 11 is 1.79. The van der Waals surface area contributed by atoms with Crippen molar-refractivity contribution in [3.63, 3.8) is 0 Å². The number of hydrogen-bond acceptors (Lipinski definition) is 4. The van der Waals surface area contributed by atoms with E-state index in [4.69, 9.17) is 5.73 Å². The van der Waals surface area contributed by atoms with E-state index in [2.05, 4.69) is 48.3 Å². The SMILES string of the molecule is Cc1ccncc1C(CN)N(C)C(C)c1cccs1. The topological polar surface area (TPSA) is 42.1 Å². The quantitative estimate of drug-likeness (QED) is 0.911. The lowest BCUT2D eigenvalue weighted by molar-refractivity contribution is 0.192. The van der Waals surface area contributed by atoms with Gasteiger partial charge in [-0.15, -0.1) is 11.3 Å². The highest BCUT2D eigenvalue weighted by atomic mass is 32.1. The van der Waals surface area contributed by atoms with Gasteiger partial charge in [-0.05, 0) is 49.5 Å². The summed E-state index contributed by atoms with van der Waals surface area (Å²) in [7, 11) is 2.13. The molecule has 0 saturated carbocycles. The first-order valence-electron chi connectivity index (χ1n) is 6.51. The first-order chi connectivity index (χ1) is 9.15. The fraction of sp³-hybridized carbons (Fsp3) is 0.400. The van der Waals surface area contributed by atoms with Crippen molar-refractivity contribution in [2.45, 2.75) is 25.9 Å². The second-order valence-electron chi connectivity index (χ2n) is 4.84. The summed E-state index contributed by atoms with van der Waals surface area (Å²) in [5.41, 5.74) is 8.46. The van der Waals surface area contributed by atoms with E-state index in [1.54, 1.807) is 11.3 Å². The highest BCUT2D eigenvalue weighted by Crippen LogP contribution is 2.31. The normalized spacial score (nSPS) is 14.6. The van der Waals surface area contributed by atoms with Gasteiger partial charge in [-0.3, -0.25) is 9.88 Å². The maximum atomic E-state index is 6.00. The van der Waals surface area contributed by atoms with E-state index in [-0.39, 0.29) is 6.04 Å². The molecule has 0 aromatic carbocycles.